The topological polar surface area (TPSA) is 49.9 Å². The van der Waals surface area contributed by atoms with E-state index >= 15 is 0 Å². The summed E-state index contributed by atoms with van der Waals surface area (Å²) >= 11 is 5.81. The number of carbonyl (C=O) groups excluding carboxylic acids is 2. The van der Waals surface area contributed by atoms with Gasteiger partial charge in [0.1, 0.15) is 17.2 Å². The molecule has 2 aromatic carbocycles. The molecule has 3 rings (SSSR count). The van der Waals surface area contributed by atoms with Gasteiger partial charge in [0.05, 0.1) is 5.02 Å². The minimum Gasteiger partial charge on any atom is -0.452 e. The Balaban J connectivity index is 1.48. The predicted molar refractivity (Wildman–Crippen MR) is 99.9 cm³/mol. The summed E-state index contributed by atoms with van der Waals surface area (Å²) in [5.41, 5.74) is 0.227. The molecule has 2 aromatic rings. The molecule has 0 radical (unpaired) electrons. The number of amides is 1. The maximum absolute atomic E-state index is 13.7. The standard InChI is InChI=1S/C20H19ClF2N2O3/c21-15-5-3-7-17(23)19(15)20(27)28-13-18(26)25-10-8-24(9-11-25)12-14-4-1-2-6-16(14)22/h1-7H,8-13H2. The van der Waals surface area contributed by atoms with Crippen LogP contribution in [0.2, 0.25) is 5.02 Å². The van der Waals surface area contributed by atoms with Gasteiger partial charge in [0, 0.05) is 38.3 Å². The molecule has 0 unspecified atom stereocenters. The molecule has 1 fully saturated rings. The van der Waals surface area contributed by atoms with E-state index in [1.54, 1.807) is 23.1 Å². The summed E-state index contributed by atoms with van der Waals surface area (Å²) in [5.74, 6) is -2.40. The Morgan fingerprint density at radius 1 is 0.964 bits per heavy atom. The molecule has 1 amide bonds. The smallest absolute Gasteiger partial charge is 0.343 e. The molecule has 1 heterocycles. The van der Waals surface area contributed by atoms with Gasteiger partial charge in [-0.1, -0.05) is 35.9 Å². The summed E-state index contributed by atoms with van der Waals surface area (Å²) in [4.78, 5) is 27.9. The molecule has 1 saturated heterocycles. The number of carbonyl (C=O) groups is 2. The normalized spacial score (nSPS) is 14.8. The first-order chi connectivity index (χ1) is 13.5. The zero-order valence-corrected chi connectivity index (χ0v) is 15.8. The fourth-order valence-corrected chi connectivity index (χ4v) is 3.25. The third kappa shape index (κ3) is 4.85. The second kappa shape index (κ2) is 9.12. The van der Waals surface area contributed by atoms with Crippen LogP contribution in [-0.4, -0.2) is 54.5 Å². The van der Waals surface area contributed by atoms with Gasteiger partial charge < -0.3 is 9.64 Å². The average molecular weight is 409 g/mol. The molecule has 5 nitrogen and oxygen atoms in total. The molecule has 0 aliphatic carbocycles. The number of esters is 1. The molecule has 8 heteroatoms. The van der Waals surface area contributed by atoms with Crippen LogP contribution in [0.4, 0.5) is 8.78 Å². The van der Waals surface area contributed by atoms with Gasteiger partial charge in [0.25, 0.3) is 5.91 Å². The Bertz CT molecular complexity index is 850. The summed E-state index contributed by atoms with van der Waals surface area (Å²) in [7, 11) is 0. The first kappa shape index (κ1) is 20.2. The molecule has 0 atom stereocenters. The number of piperazine rings is 1. The van der Waals surface area contributed by atoms with Gasteiger partial charge in [0.2, 0.25) is 0 Å². The van der Waals surface area contributed by atoms with Crippen LogP contribution in [0.15, 0.2) is 42.5 Å². The molecule has 0 spiro atoms. The third-order valence-electron chi connectivity index (χ3n) is 4.57. The van der Waals surface area contributed by atoms with Crippen molar-refractivity contribution in [2.45, 2.75) is 6.54 Å². The predicted octanol–water partition coefficient (Wildman–Crippen LogP) is 3.12. The van der Waals surface area contributed by atoms with E-state index in [2.05, 4.69) is 0 Å². The van der Waals surface area contributed by atoms with Crippen LogP contribution in [0.3, 0.4) is 0 Å². The lowest BCUT2D eigenvalue weighted by molar-refractivity contribution is -0.136. The van der Waals surface area contributed by atoms with Crippen LogP contribution < -0.4 is 0 Å². The molecule has 0 bridgehead atoms. The quantitative estimate of drug-likeness (QED) is 0.713. The van der Waals surface area contributed by atoms with Crippen LogP contribution in [0, 0.1) is 11.6 Å². The molecule has 0 saturated carbocycles. The van der Waals surface area contributed by atoms with Crippen molar-refractivity contribution in [1.82, 2.24) is 9.80 Å². The summed E-state index contributed by atoms with van der Waals surface area (Å²) < 4.78 is 32.4. The molecule has 148 valence electrons. The van der Waals surface area contributed by atoms with Crippen molar-refractivity contribution in [3.05, 3.63) is 70.2 Å². The maximum atomic E-state index is 13.7. The SMILES string of the molecule is O=C(OCC(=O)N1CCN(Cc2ccccc2F)CC1)c1c(F)cccc1Cl. The first-order valence-corrected chi connectivity index (χ1v) is 9.18. The van der Waals surface area contributed by atoms with Gasteiger partial charge in [-0.25, -0.2) is 13.6 Å². The molecule has 0 aromatic heterocycles. The number of hydrogen-bond acceptors (Lipinski definition) is 4. The Kier molecular flexibility index (Phi) is 6.59. The van der Waals surface area contributed by atoms with Crippen LogP contribution in [0.25, 0.3) is 0 Å². The first-order valence-electron chi connectivity index (χ1n) is 8.80. The second-order valence-corrected chi connectivity index (χ2v) is 6.83. The molecular weight excluding hydrogens is 390 g/mol. The van der Waals surface area contributed by atoms with Gasteiger partial charge >= 0.3 is 5.97 Å². The van der Waals surface area contributed by atoms with Crippen molar-refractivity contribution >= 4 is 23.5 Å². The molecule has 1 aliphatic heterocycles. The van der Waals surface area contributed by atoms with Crippen LogP contribution in [0.5, 0.6) is 0 Å². The van der Waals surface area contributed by atoms with Crippen molar-refractivity contribution in [2.75, 3.05) is 32.8 Å². The minimum absolute atomic E-state index is 0.0702. The van der Waals surface area contributed by atoms with Gasteiger partial charge in [-0.3, -0.25) is 9.69 Å². The highest BCUT2D eigenvalue weighted by molar-refractivity contribution is 6.33. The molecular formula is C20H19ClF2N2O3. The zero-order chi connectivity index (χ0) is 20.1. The van der Waals surface area contributed by atoms with E-state index in [9.17, 15) is 18.4 Å². The number of ether oxygens (including phenoxy) is 1. The minimum atomic E-state index is -0.977. The number of halogens is 3. The highest BCUT2D eigenvalue weighted by atomic mass is 35.5. The highest BCUT2D eigenvalue weighted by Gasteiger charge is 2.24. The van der Waals surface area contributed by atoms with Crippen LogP contribution in [-0.2, 0) is 16.1 Å². The van der Waals surface area contributed by atoms with E-state index in [-0.39, 0.29) is 22.3 Å². The number of nitrogens with zero attached hydrogens (tertiary/aromatic N) is 2. The van der Waals surface area contributed by atoms with Crippen LogP contribution in [0.1, 0.15) is 15.9 Å². The van der Waals surface area contributed by atoms with Crippen molar-refractivity contribution in [2.24, 2.45) is 0 Å². The monoisotopic (exact) mass is 408 g/mol. The van der Waals surface area contributed by atoms with Crippen molar-refractivity contribution < 1.29 is 23.1 Å². The fraction of sp³-hybridized carbons (Fsp3) is 0.300. The van der Waals surface area contributed by atoms with Gasteiger partial charge in [-0.05, 0) is 18.2 Å². The van der Waals surface area contributed by atoms with Gasteiger partial charge in [-0.2, -0.15) is 0 Å². The van der Waals surface area contributed by atoms with Gasteiger partial charge in [-0.15, -0.1) is 0 Å². The van der Waals surface area contributed by atoms with E-state index in [1.165, 1.54) is 18.2 Å². The molecule has 0 N–H and O–H groups in total. The van der Waals surface area contributed by atoms with Crippen molar-refractivity contribution in [3.63, 3.8) is 0 Å². The Morgan fingerprint density at radius 2 is 1.64 bits per heavy atom. The molecule has 1 aliphatic rings. The van der Waals surface area contributed by atoms with Gasteiger partial charge in [0.15, 0.2) is 6.61 Å². The average Bonchev–Trinajstić information content (AvgIpc) is 2.68. The highest BCUT2D eigenvalue weighted by Crippen LogP contribution is 2.20. The Hall–Kier alpha value is -2.51. The number of rotatable bonds is 5. The van der Waals surface area contributed by atoms with Crippen molar-refractivity contribution in [3.8, 4) is 0 Å². The summed E-state index contributed by atoms with van der Waals surface area (Å²) in [5, 5.41) is -0.0702. The maximum Gasteiger partial charge on any atom is 0.343 e. The Labute approximate surface area is 166 Å². The van der Waals surface area contributed by atoms with E-state index in [4.69, 9.17) is 16.3 Å². The number of hydrogen-bond donors (Lipinski definition) is 0. The summed E-state index contributed by atoms with van der Waals surface area (Å²) in [6, 6.07) is 10.4. The third-order valence-corrected chi connectivity index (χ3v) is 4.89. The lowest BCUT2D eigenvalue weighted by Gasteiger charge is -2.34. The van der Waals surface area contributed by atoms with E-state index < -0.39 is 18.4 Å². The lowest BCUT2D eigenvalue weighted by atomic mass is 10.2. The lowest BCUT2D eigenvalue weighted by Crippen LogP contribution is -2.49. The zero-order valence-electron chi connectivity index (χ0n) is 15.0. The van der Waals surface area contributed by atoms with Crippen LogP contribution >= 0.6 is 11.6 Å². The molecule has 28 heavy (non-hydrogen) atoms. The summed E-state index contributed by atoms with van der Waals surface area (Å²) in [6.07, 6.45) is 0. The van der Waals surface area contributed by atoms with E-state index in [0.29, 0.717) is 38.3 Å². The Morgan fingerprint density at radius 3 is 2.32 bits per heavy atom. The number of benzene rings is 2. The van der Waals surface area contributed by atoms with E-state index in [1.807, 2.05) is 4.90 Å². The largest absolute Gasteiger partial charge is 0.452 e. The fourth-order valence-electron chi connectivity index (χ4n) is 3.01. The van der Waals surface area contributed by atoms with E-state index in [0.717, 1.165) is 6.07 Å². The second-order valence-electron chi connectivity index (χ2n) is 6.42. The van der Waals surface area contributed by atoms with Crippen molar-refractivity contribution in [1.29, 1.82) is 0 Å². The summed E-state index contributed by atoms with van der Waals surface area (Å²) in [6.45, 7) is 2.00.